The quantitative estimate of drug-likeness (QED) is 0.666. The van der Waals surface area contributed by atoms with Crippen LogP contribution in [0.4, 0.5) is 0 Å². The number of thiazole rings is 1. The van der Waals surface area contributed by atoms with Crippen molar-refractivity contribution in [1.82, 2.24) is 14.7 Å². The lowest BCUT2D eigenvalue weighted by Gasteiger charge is -2.07. The molecule has 0 atom stereocenters. The van der Waals surface area contributed by atoms with Crippen LogP contribution in [0.1, 0.15) is 10.6 Å². The second kappa shape index (κ2) is 8.05. The summed E-state index contributed by atoms with van der Waals surface area (Å²) in [5.41, 5.74) is 2.20. The Balaban J connectivity index is 1.56. The van der Waals surface area contributed by atoms with Crippen molar-refractivity contribution in [3.05, 3.63) is 69.6 Å². The van der Waals surface area contributed by atoms with Gasteiger partial charge in [-0.3, -0.25) is 4.98 Å². The maximum Gasteiger partial charge on any atom is 0.215 e. The van der Waals surface area contributed by atoms with Gasteiger partial charge in [-0.1, -0.05) is 35.9 Å². The zero-order chi connectivity index (χ0) is 17.7. The van der Waals surface area contributed by atoms with Crippen molar-refractivity contribution in [3.63, 3.8) is 0 Å². The Bertz CT molecular complexity index is 943. The summed E-state index contributed by atoms with van der Waals surface area (Å²) in [6.45, 7) is 0.294. The van der Waals surface area contributed by atoms with E-state index >= 15 is 0 Å². The molecule has 1 N–H and O–H groups in total. The highest BCUT2D eigenvalue weighted by atomic mass is 35.5. The van der Waals surface area contributed by atoms with Gasteiger partial charge in [0.05, 0.1) is 22.1 Å². The van der Waals surface area contributed by atoms with Gasteiger partial charge < -0.3 is 0 Å². The Labute approximate surface area is 155 Å². The molecule has 0 aliphatic carbocycles. The van der Waals surface area contributed by atoms with Crippen LogP contribution in [0.2, 0.25) is 5.02 Å². The molecule has 0 fully saturated rings. The van der Waals surface area contributed by atoms with E-state index in [1.807, 2.05) is 23.6 Å². The molecule has 0 saturated carbocycles. The molecule has 8 heteroatoms. The van der Waals surface area contributed by atoms with Gasteiger partial charge in [0.25, 0.3) is 0 Å². The summed E-state index contributed by atoms with van der Waals surface area (Å²) in [6, 6.07) is 12.6. The number of pyridine rings is 1. The highest BCUT2D eigenvalue weighted by Gasteiger charge is 2.14. The highest BCUT2D eigenvalue weighted by molar-refractivity contribution is 7.88. The van der Waals surface area contributed by atoms with E-state index in [1.165, 1.54) is 11.3 Å². The van der Waals surface area contributed by atoms with Gasteiger partial charge in [0.15, 0.2) is 0 Å². The van der Waals surface area contributed by atoms with E-state index in [9.17, 15) is 8.42 Å². The average molecular weight is 394 g/mol. The molecule has 3 rings (SSSR count). The van der Waals surface area contributed by atoms with Gasteiger partial charge in [-0.05, 0) is 23.8 Å². The minimum Gasteiger partial charge on any atom is -0.255 e. The summed E-state index contributed by atoms with van der Waals surface area (Å²) in [5.74, 6) is -0.135. The number of hydrogen-bond acceptors (Lipinski definition) is 5. The highest BCUT2D eigenvalue weighted by Crippen LogP contribution is 2.20. The Morgan fingerprint density at radius 1 is 1.08 bits per heavy atom. The van der Waals surface area contributed by atoms with Crippen LogP contribution in [-0.4, -0.2) is 24.9 Å². The van der Waals surface area contributed by atoms with Gasteiger partial charge in [0.1, 0.15) is 0 Å². The average Bonchev–Trinajstić information content (AvgIpc) is 3.06. The molecule has 130 valence electrons. The minimum atomic E-state index is -3.44. The van der Waals surface area contributed by atoms with Gasteiger partial charge in [0.2, 0.25) is 10.0 Å². The molecule has 0 spiro atoms. The second-order valence-electron chi connectivity index (χ2n) is 5.34. The van der Waals surface area contributed by atoms with E-state index in [0.717, 1.165) is 16.4 Å². The molecule has 0 saturated heterocycles. The molecule has 5 nitrogen and oxygen atoms in total. The monoisotopic (exact) mass is 393 g/mol. The summed E-state index contributed by atoms with van der Waals surface area (Å²) in [7, 11) is -3.44. The molecule has 0 bridgehead atoms. The predicted molar refractivity (Wildman–Crippen MR) is 101 cm³/mol. The van der Waals surface area contributed by atoms with Gasteiger partial charge >= 0.3 is 0 Å². The summed E-state index contributed by atoms with van der Waals surface area (Å²) in [5, 5.41) is 3.24. The SMILES string of the molecule is O=S(=O)(Cc1ccccc1Cl)NCCc1nc(-c2ccccn2)cs1. The van der Waals surface area contributed by atoms with Crippen molar-refractivity contribution in [2.45, 2.75) is 12.2 Å². The lowest BCUT2D eigenvalue weighted by atomic mass is 10.2. The number of halogens is 1. The van der Waals surface area contributed by atoms with Crippen molar-refractivity contribution >= 4 is 33.0 Å². The van der Waals surface area contributed by atoms with Crippen LogP contribution >= 0.6 is 22.9 Å². The summed E-state index contributed by atoms with van der Waals surface area (Å²) in [6.07, 6.45) is 2.25. The minimum absolute atomic E-state index is 0.135. The molecule has 2 heterocycles. The van der Waals surface area contributed by atoms with Crippen molar-refractivity contribution in [2.75, 3.05) is 6.54 Å². The van der Waals surface area contributed by atoms with E-state index in [0.29, 0.717) is 23.6 Å². The fourth-order valence-corrected chi connectivity index (χ4v) is 4.49. The Hall–Kier alpha value is -1.80. The molecule has 0 aliphatic heterocycles. The van der Waals surface area contributed by atoms with Crippen molar-refractivity contribution in [3.8, 4) is 11.4 Å². The van der Waals surface area contributed by atoms with Crippen LogP contribution in [0.25, 0.3) is 11.4 Å². The number of benzene rings is 1. The van der Waals surface area contributed by atoms with Crippen LogP contribution in [0.15, 0.2) is 54.0 Å². The Morgan fingerprint density at radius 3 is 2.64 bits per heavy atom. The largest absolute Gasteiger partial charge is 0.255 e. The van der Waals surface area contributed by atoms with Crippen LogP contribution in [-0.2, 0) is 22.2 Å². The van der Waals surface area contributed by atoms with Gasteiger partial charge in [-0.25, -0.2) is 18.1 Å². The lowest BCUT2D eigenvalue weighted by Crippen LogP contribution is -2.27. The number of rotatable bonds is 7. The molecule has 3 aromatic rings. The van der Waals surface area contributed by atoms with E-state index in [1.54, 1.807) is 30.5 Å². The number of nitrogens with one attached hydrogen (secondary N) is 1. The van der Waals surface area contributed by atoms with Crippen molar-refractivity contribution in [1.29, 1.82) is 0 Å². The first-order valence-electron chi connectivity index (χ1n) is 7.60. The van der Waals surface area contributed by atoms with E-state index in [4.69, 9.17) is 11.6 Å². The fourth-order valence-electron chi connectivity index (χ4n) is 2.24. The predicted octanol–water partition coefficient (Wildman–Crippen LogP) is 3.52. The molecular weight excluding hydrogens is 378 g/mol. The molecule has 0 radical (unpaired) electrons. The smallest absolute Gasteiger partial charge is 0.215 e. The first-order valence-corrected chi connectivity index (χ1v) is 10.5. The van der Waals surface area contributed by atoms with Gasteiger partial charge in [0, 0.05) is 29.6 Å². The molecule has 0 unspecified atom stereocenters. The zero-order valence-corrected chi connectivity index (χ0v) is 15.6. The summed E-state index contributed by atoms with van der Waals surface area (Å²) >= 11 is 7.51. The number of sulfonamides is 1. The van der Waals surface area contributed by atoms with E-state index in [-0.39, 0.29) is 5.75 Å². The van der Waals surface area contributed by atoms with Crippen LogP contribution in [0, 0.1) is 0 Å². The first-order chi connectivity index (χ1) is 12.0. The van der Waals surface area contributed by atoms with Crippen LogP contribution < -0.4 is 4.72 Å². The molecule has 25 heavy (non-hydrogen) atoms. The van der Waals surface area contributed by atoms with E-state index in [2.05, 4.69) is 14.7 Å². The molecule has 0 amide bonds. The zero-order valence-electron chi connectivity index (χ0n) is 13.2. The first kappa shape index (κ1) is 18.0. The van der Waals surface area contributed by atoms with Gasteiger partial charge in [-0.15, -0.1) is 11.3 Å². The van der Waals surface area contributed by atoms with Gasteiger partial charge in [-0.2, -0.15) is 0 Å². The number of nitrogens with zero attached hydrogens (tertiary/aromatic N) is 2. The standard InChI is InChI=1S/C17H16ClN3O2S2/c18-14-6-2-1-5-13(14)12-25(22,23)20-10-8-17-21-16(11-24-17)15-7-3-4-9-19-15/h1-7,9,11,20H,8,10,12H2. The van der Waals surface area contributed by atoms with E-state index < -0.39 is 10.0 Å². The normalized spacial score (nSPS) is 11.6. The molecule has 0 aliphatic rings. The molecule has 1 aromatic carbocycles. The molecular formula is C17H16ClN3O2S2. The summed E-state index contributed by atoms with van der Waals surface area (Å²) < 4.78 is 26.9. The topological polar surface area (TPSA) is 72.0 Å². The fraction of sp³-hybridized carbons (Fsp3) is 0.176. The third kappa shape index (κ3) is 5.09. The van der Waals surface area contributed by atoms with Crippen molar-refractivity contribution in [2.24, 2.45) is 0 Å². The molecule has 2 aromatic heterocycles. The van der Waals surface area contributed by atoms with Crippen LogP contribution in [0.5, 0.6) is 0 Å². The maximum absolute atomic E-state index is 12.2. The number of aromatic nitrogens is 2. The number of hydrogen-bond donors (Lipinski definition) is 1. The Morgan fingerprint density at radius 2 is 1.88 bits per heavy atom. The third-order valence-corrected chi connectivity index (χ3v) is 6.06. The third-order valence-electron chi connectivity index (χ3n) is 3.44. The Kier molecular flexibility index (Phi) is 5.80. The second-order valence-corrected chi connectivity index (χ2v) is 8.49. The van der Waals surface area contributed by atoms with Crippen LogP contribution in [0.3, 0.4) is 0 Å². The summed E-state index contributed by atoms with van der Waals surface area (Å²) in [4.78, 5) is 8.76. The maximum atomic E-state index is 12.2. The lowest BCUT2D eigenvalue weighted by molar-refractivity contribution is 0.580. The van der Waals surface area contributed by atoms with Crippen molar-refractivity contribution < 1.29 is 8.42 Å².